The van der Waals surface area contributed by atoms with Crippen LogP contribution in [-0.4, -0.2) is 68.7 Å². The lowest BCUT2D eigenvalue weighted by atomic mass is 9.96. The number of aromatic nitrogens is 6. The third-order valence-corrected chi connectivity index (χ3v) is 9.58. The van der Waals surface area contributed by atoms with Gasteiger partial charge >= 0.3 is 5.97 Å². The standard InChI is InChI=1S/C20H23ClN4O3.C15H15ClN4O2.C5H9ClO/c1-19(2,3)18(27)28-14-13(17(26)23-20(14,4)5)16-22-15(24-25(16)6)11-7-9-12(21)10-8-11;1-15(2)11(21)10(14(22)18-15)13-17-12(19-20(13)3)8-4-6-9(16)7-5-8;1-5(2,3)4(6)7/h7-10H,1-6H3,(H,23,26);4-7,21H,1-3H3,(H,18,22);1-3H3. The predicted octanol–water partition coefficient (Wildman–Crippen LogP) is 7.46. The van der Waals surface area contributed by atoms with Crippen LogP contribution in [0.5, 0.6) is 0 Å². The van der Waals surface area contributed by atoms with Crippen LogP contribution in [0.15, 0.2) is 60.0 Å². The molecule has 2 aromatic carbocycles. The third-order valence-electron chi connectivity index (χ3n) is 8.50. The summed E-state index contributed by atoms with van der Waals surface area (Å²) in [4.78, 5) is 56.5. The lowest BCUT2D eigenvalue weighted by Gasteiger charge is -2.25. The van der Waals surface area contributed by atoms with Gasteiger partial charge in [-0.15, -0.1) is 0 Å². The summed E-state index contributed by atoms with van der Waals surface area (Å²) in [6, 6.07) is 14.2. The molecule has 2 aliphatic heterocycles. The Morgan fingerprint density at radius 3 is 1.40 bits per heavy atom. The SMILES string of the molecule is CC(C)(C)C(=O)Cl.Cn1nc(-c2ccc(Cl)cc2)nc1C1=C(O)C(C)(C)NC1=O.Cn1nc(-c2ccc(Cl)cc2)nc1C1=C(OC(=O)C(C)(C)C)C(C)(C)NC1=O. The van der Waals surface area contributed by atoms with Gasteiger partial charge in [-0.05, 0) is 109 Å². The highest BCUT2D eigenvalue weighted by Gasteiger charge is 2.45. The fourth-order valence-electron chi connectivity index (χ4n) is 5.13. The van der Waals surface area contributed by atoms with Gasteiger partial charge in [0.2, 0.25) is 5.24 Å². The monoisotopic (exact) mass is 840 g/mol. The summed E-state index contributed by atoms with van der Waals surface area (Å²) >= 11 is 16.9. The first kappa shape index (κ1) is 44.7. The molecule has 0 unspecified atom stereocenters. The topological polar surface area (TPSA) is 183 Å². The smallest absolute Gasteiger partial charge is 0.316 e. The molecule has 304 valence electrons. The number of hydrogen-bond donors (Lipinski definition) is 3. The Morgan fingerprint density at radius 2 is 1.05 bits per heavy atom. The Morgan fingerprint density at radius 1 is 0.684 bits per heavy atom. The average Bonchev–Trinajstić information content (AvgIpc) is 3.77. The van der Waals surface area contributed by atoms with E-state index in [4.69, 9.17) is 39.5 Å². The van der Waals surface area contributed by atoms with E-state index in [1.54, 1.807) is 132 Å². The first-order valence-corrected chi connectivity index (χ1v) is 18.9. The molecule has 3 N–H and O–H groups in total. The number of aliphatic hydroxyl groups excluding tert-OH is 1. The number of aryl methyl sites for hydroxylation is 2. The summed E-state index contributed by atoms with van der Waals surface area (Å²) in [7, 11) is 3.37. The van der Waals surface area contributed by atoms with Gasteiger partial charge in [-0.25, -0.2) is 19.3 Å². The van der Waals surface area contributed by atoms with Crippen molar-refractivity contribution in [2.24, 2.45) is 24.9 Å². The maximum Gasteiger partial charge on any atom is 0.316 e. The van der Waals surface area contributed by atoms with Gasteiger partial charge in [-0.1, -0.05) is 44.0 Å². The molecule has 0 saturated carbocycles. The van der Waals surface area contributed by atoms with Gasteiger partial charge in [0.05, 0.1) is 16.5 Å². The van der Waals surface area contributed by atoms with Gasteiger partial charge in [0.1, 0.15) is 22.7 Å². The van der Waals surface area contributed by atoms with E-state index in [1.807, 2.05) is 0 Å². The quantitative estimate of drug-likeness (QED) is 0.135. The largest absolute Gasteiger partial charge is 0.509 e. The molecular weight excluding hydrogens is 795 g/mol. The van der Waals surface area contributed by atoms with Gasteiger partial charge in [0, 0.05) is 40.7 Å². The highest BCUT2D eigenvalue weighted by atomic mass is 35.5. The number of hydrogen-bond acceptors (Lipinski definition) is 10. The molecular formula is C40H47Cl3N8O6. The summed E-state index contributed by atoms with van der Waals surface area (Å²) < 4.78 is 8.66. The first-order valence-electron chi connectivity index (χ1n) is 17.7. The fraction of sp³-hybridized carbons (Fsp3) is 0.400. The van der Waals surface area contributed by atoms with E-state index in [2.05, 4.69) is 30.8 Å². The summed E-state index contributed by atoms with van der Waals surface area (Å²) in [6.07, 6.45) is 0. The van der Waals surface area contributed by atoms with Gasteiger partial charge in [-0.2, -0.15) is 10.2 Å². The van der Waals surface area contributed by atoms with Crippen LogP contribution in [0, 0.1) is 10.8 Å². The molecule has 0 bridgehead atoms. The van der Waals surface area contributed by atoms with Crippen molar-refractivity contribution >= 4 is 69.0 Å². The summed E-state index contributed by atoms with van der Waals surface area (Å²) in [6.45, 7) is 17.6. The molecule has 17 heteroatoms. The molecule has 0 spiro atoms. The second kappa shape index (κ2) is 16.4. The van der Waals surface area contributed by atoms with E-state index < -0.39 is 22.5 Å². The maximum absolute atomic E-state index is 12.7. The molecule has 6 rings (SSSR count). The van der Waals surface area contributed by atoms with Crippen molar-refractivity contribution in [3.8, 4) is 22.8 Å². The predicted molar refractivity (Wildman–Crippen MR) is 220 cm³/mol. The number of amides is 2. The van der Waals surface area contributed by atoms with E-state index >= 15 is 0 Å². The zero-order valence-electron chi connectivity index (χ0n) is 33.9. The zero-order chi connectivity index (χ0) is 43.0. The second-order valence-corrected chi connectivity index (χ2v) is 17.7. The Balaban J connectivity index is 0.000000221. The minimum atomic E-state index is -0.848. The van der Waals surface area contributed by atoms with Crippen LogP contribution < -0.4 is 10.6 Å². The zero-order valence-corrected chi connectivity index (χ0v) is 36.2. The van der Waals surface area contributed by atoms with Crippen LogP contribution >= 0.6 is 34.8 Å². The van der Waals surface area contributed by atoms with Crippen molar-refractivity contribution in [2.45, 2.75) is 80.3 Å². The number of benzene rings is 2. The molecule has 2 amide bonds. The van der Waals surface area contributed by atoms with Crippen LogP contribution in [0.2, 0.25) is 10.0 Å². The lowest BCUT2D eigenvalue weighted by molar-refractivity contribution is -0.149. The summed E-state index contributed by atoms with van der Waals surface area (Å²) in [5.74, 6) is 0.624. The van der Waals surface area contributed by atoms with E-state index in [1.165, 1.54) is 9.36 Å². The van der Waals surface area contributed by atoms with Crippen LogP contribution in [0.25, 0.3) is 33.9 Å². The maximum atomic E-state index is 12.7. The van der Waals surface area contributed by atoms with E-state index in [-0.39, 0.29) is 45.1 Å². The molecule has 4 heterocycles. The number of carbonyl (C=O) groups excluding carboxylic acids is 4. The lowest BCUT2D eigenvalue weighted by Crippen LogP contribution is -2.40. The summed E-state index contributed by atoms with van der Waals surface area (Å²) in [5, 5.41) is 25.5. The molecule has 0 atom stereocenters. The minimum Gasteiger partial charge on any atom is -0.509 e. The number of nitrogens with one attached hydrogen (secondary N) is 2. The number of aliphatic hydroxyl groups is 1. The van der Waals surface area contributed by atoms with Crippen molar-refractivity contribution in [1.82, 2.24) is 40.2 Å². The highest BCUT2D eigenvalue weighted by molar-refractivity contribution is 6.64. The van der Waals surface area contributed by atoms with Crippen LogP contribution in [0.1, 0.15) is 80.9 Å². The minimum absolute atomic E-state index is 0.0318. The van der Waals surface area contributed by atoms with Crippen LogP contribution in [-0.2, 0) is 38.0 Å². The molecule has 14 nitrogen and oxygen atoms in total. The molecule has 57 heavy (non-hydrogen) atoms. The molecule has 2 aliphatic rings. The number of rotatable bonds is 5. The molecule has 0 radical (unpaired) electrons. The first-order chi connectivity index (χ1) is 26.1. The molecule has 2 aromatic heterocycles. The molecule has 4 aromatic rings. The van der Waals surface area contributed by atoms with E-state index in [0.29, 0.717) is 33.3 Å². The number of esters is 1. The number of halogens is 3. The summed E-state index contributed by atoms with van der Waals surface area (Å²) in [5.41, 5.74) is -0.839. The Hall–Kier alpha value is -5.05. The molecule has 0 saturated heterocycles. The Labute approximate surface area is 346 Å². The van der Waals surface area contributed by atoms with Crippen molar-refractivity contribution in [3.05, 3.63) is 81.7 Å². The molecule has 0 fully saturated rings. The average molecular weight is 842 g/mol. The number of carbonyl (C=O) groups is 4. The van der Waals surface area contributed by atoms with Crippen molar-refractivity contribution in [3.63, 3.8) is 0 Å². The van der Waals surface area contributed by atoms with Gasteiger partial charge in [0.15, 0.2) is 23.3 Å². The Kier molecular flexibility index (Phi) is 12.9. The van der Waals surface area contributed by atoms with Crippen LogP contribution in [0.4, 0.5) is 0 Å². The van der Waals surface area contributed by atoms with Crippen LogP contribution in [0.3, 0.4) is 0 Å². The fourth-order valence-corrected chi connectivity index (χ4v) is 5.38. The number of ether oxygens (including phenoxy) is 1. The van der Waals surface area contributed by atoms with Gasteiger partial charge < -0.3 is 20.5 Å². The van der Waals surface area contributed by atoms with E-state index in [9.17, 15) is 24.3 Å². The Bertz CT molecular complexity index is 2270. The van der Waals surface area contributed by atoms with Gasteiger partial charge in [0.25, 0.3) is 11.8 Å². The number of nitrogens with zero attached hydrogens (tertiary/aromatic N) is 6. The van der Waals surface area contributed by atoms with Gasteiger partial charge in [-0.3, -0.25) is 19.2 Å². The second-order valence-electron chi connectivity index (χ2n) is 16.5. The van der Waals surface area contributed by atoms with Crippen molar-refractivity contribution in [2.75, 3.05) is 0 Å². The third kappa shape index (κ3) is 10.3. The molecule has 0 aliphatic carbocycles. The highest BCUT2D eigenvalue weighted by Crippen LogP contribution is 2.36. The van der Waals surface area contributed by atoms with E-state index in [0.717, 1.165) is 11.1 Å². The van der Waals surface area contributed by atoms with Crippen molar-refractivity contribution < 1.29 is 29.0 Å². The normalized spacial score (nSPS) is 16.0. The van der Waals surface area contributed by atoms with Crippen molar-refractivity contribution in [1.29, 1.82) is 0 Å².